The van der Waals surface area contributed by atoms with Crippen LogP contribution in [0.4, 0.5) is 0 Å². The minimum absolute atomic E-state index is 0.145. The molecule has 17 unspecified atom stereocenters. The van der Waals surface area contributed by atoms with Gasteiger partial charge in [-0.3, -0.25) is 28.8 Å². The van der Waals surface area contributed by atoms with Gasteiger partial charge in [-0.15, -0.1) is 0 Å². The average Bonchev–Trinajstić information content (AvgIpc) is 4.01. The third kappa shape index (κ3) is 10.6. The van der Waals surface area contributed by atoms with Crippen LogP contribution in [-0.4, -0.2) is 140 Å². The molecular weight excluding hydrogens is 872 g/mol. The summed E-state index contributed by atoms with van der Waals surface area (Å²) >= 11 is 0. The van der Waals surface area contributed by atoms with Crippen molar-refractivity contribution in [2.75, 3.05) is 13.2 Å². The second-order valence-corrected chi connectivity index (χ2v) is 17.7. The van der Waals surface area contributed by atoms with E-state index in [0.717, 1.165) is 40.2 Å². The number of fused-ring (bicyclic) bond motifs is 3. The van der Waals surface area contributed by atoms with E-state index >= 15 is 0 Å². The average molecular weight is 931 g/mol. The third-order valence-electron chi connectivity index (χ3n) is 12.8. The van der Waals surface area contributed by atoms with Gasteiger partial charge in [0.2, 0.25) is 12.1 Å². The van der Waals surface area contributed by atoms with Gasteiger partial charge in [0.15, 0.2) is 48.5 Å². The largest absolute Gasteiger partial charge is 0.459 e. The Hall–Kier alpha value is -4.99. The second kappa shape index (κ2) is 20.1. The summed E-state index contributed by atoms with van der Waals surface area (Å²) in [5.74, 6) is -7.54. The monoisotopic (exact) mass is 930 g/mol. The van der Waals surface area contributed by atoms with Gasteiger partial charge in [0.25, 0.3) is 0 Å². The standard InChI is InChI=1S/C46H58O20/c1-22-20-54-46(19-34(22)63-35(52)17-14-30-12-10-9-11-13-30)45(21-55-45)32-16-15-31(18-33(32)66-46)42(53)65-44-41(39(61-28(7)50)37(24(3)57-44)59-26(5)48)64-43-40(62-29(8)51)38(60-27(6)49)36(23(2)56-43)58-25(4)47/h9-14,17,22-24,31-34,36-41,43-44H,15-16,18-21H2,1-8H3/b17-14+. The summed E-state index contributed by atoms with van der Waals surface area (Å²) in [5, 5.41) is 0. The van der Waals surface area contributed by atoms with Crippen molar-refractivity contribution < 1.29 is 95.1 Å². The molecule has 1 saturated carbocycles. The minimum Gasteiger partial charge on any atom is -0.459 e. The molecule has 0 radical (unpaired) electrons. The highest BCUT2D eigenvalue weighted by atomic mass is 16.8. The highest BCUT2D eigenvalue weighted by Crippen LogP contribution is 2.62. The molecule has 2 spiro atoms. The van der Waals surface area contributed by atoms with Gasteiger partial charge in [0.1, 0.15) is 6.10 Å². The number of epoxide rings is 1. The Morgan fingerprint density at radius 3 is 1.76 bits per heavy atom. The Bertz CT molecular complexity index is 2020. The number of hydrogen-bond acceptors (Lipinski definition) is 20. The molecule has 362 valence electrons. The highest BCUT2D eigenvalue weighted by Gasteiger charge is 2.76. The molecule has 20 nitrogen and oxygen atoms in total. The smallest absolute Gasteiger partial charge is 0.331 e. The second-order valence-electron chi connectivity index (χ2n) is 17.7. The van der Waals surface area contributed by atoms with E-state index in [1.54, 1.807) is 6.08 Å². The number of hydrogen-bond donors (Lipinski definition) is 0. The molecule has 0 aromatic heterocycles. The van der Waals surface area contributed by atoms with Crippen molar-refractivity contribution >= 4 is 47.9 Å². The molecule has 1 aromatic rings. The zero-order chi connectivity index (χ0) is 47.7. The summed E-state index contributed by atoms with van der Waals surface area (Å²) in [6, 6.07) is 9.37. The topological polar surface area (TPSA) is 243 Å². The van der Waals surface area contributed by atoms with E-state index in [4.69, 9.17) is 61.6 Å². The number of rotatable bonds is 12. The van der Waals surface area contributed by atoms with E-state index < -0.39 is 133 Å². The molecule has 5 saturated heterocycles. The van der Waals surface area contributed by atoms with Crippen LogP contribution in [0.1, 0.15) is 86.6 Å². The fraction of sp³-hybridized carbons (Fsp3) is 0.674. The molecule has 7 rings (SSSR count). The van der Waals surface area contributed by atoms with Crippen LogP contribution in [0.3, 0.4) is 0 Å². The van der Waals surface area contributed by atoms with Crippen LogP contribution in [0.2, 0.25) is 0 Å². The van der Waals surface area contributed by atoms with Crippen LogP contribution in [0, 0.1) is 17.8 Å². The molecule has 0 N–H and O–H groups in total. The van der Waals surface area contributed by atoms with Crippen LogP contribution in [0.15, 0.2) is 36.4 Å². The Morgan fingerprint density at radius 2 is 1.18 bits per heavy atom. The molecule has 0 amide bonds. The Labute approximate surface area is 381 Å². The summed E-state index contributed by atoms with van der Waals surface area (Å²) in [7, 11) is 0. The maximum atomic E-state index is 14.4. The van der Waals surface area contributed by atoms with Crippen molar-refractivity contribution in [2.24, 2.45) is 17.8 Å². The fourth-order valence-electron chi connectivity index (χ4n) is 9.83. The maximum Gasteiger partial charge on any atom is 0.331 e. The summed E-state index contributed by atoms with van der Waals surface area (Å²) in [4.78, 5) is 89.4. The summed E-state index contributed by atoms with van der Waals surface area (Å²) < 4.78 is 77.9. The first kappa shape index (κ1) is 48.9. The number of carbonyl (C=O) groups excluding carboxylic acids is 7. The molecule has 20 heteroatoms. The van der Waals surface area contributed by atoms with Gasteiger partial charge >= 0.3 is 41.8 Å². The Morgan fingerprint density at radius 1 is 0.636 bits per heavy atom. The molecule has 1 aromatic carbocycles. The molecule has 66 heavy (non-hydrogen) atoms. The predicted octanol–water partition coefficient (Wildman–Crippen LogP) is 3.02. The first-order chi connectivity index (χ1) is 31.3. The molecule has 6 fully saturated rings. The van der Waals surface area contributed by atoms with Gasteiger partial charge in [-0.2, -0.15) is 0 Å². The van der Waals surface area contributed by atoms with Gasteiger partial charge < -0.3 is 61.6 Å². The van der Waals surface area contributed by atoms with E-state index in [1.165, 1.54) is 19.9 Å². The lowest BCUT2D eigenvalue weighted by molar-refractivity contribution is -0.359. The summed E-state index contributed by atoms with van der Waals surface area (Å²) in [5.41, 5.74) is 0.0381. The normalized spacial score (nSPS) is 39.2. The predicted molar refractivity (Wildman–Crippen MR) is 220 cm³/mol. The van der Waals surface area contributed by atoms with Gasteiger partial charge in [-0.1, -0.05) is 37.3 Å². The first-order valence-electron chi connectivity index (χ1n) is 22.2. The lowest BCUT2D eigenvalue weighted by atomic mass is 9.72. The number of ether oxygens (including phenoxy) is 13. The van der Waals surface area contributed by atoms with Crippen molar-refractivity contribution in [1.29, 1.82) is 0 Å². The Kier molecular flexibility index (Phi) is 14.9. The van der Waals surface area contributed by atoms with E-state index in [1.807, 2.05) is 37.3 Å². The van der Waals surface area contributed by atoms with E-state index in [-0.39, 0.29) is 31.3 Å². The molecule has 1 aliphatic carbocycles. The van der Waals surface area contributed by atoms with Gasteiger partial charge in [-0.25, -0.2) is 4.79 Å². The van der Waals surface area contributed by atoms with E-state index in [2.05, 4.69) is 0 Å². The molecule has 17 atom stereocenters. The van der Waals surface area contributed by atoms with Crippen molar-refractivity contribution in [2.45, 2.75) is 166 Å². The van der Waals surface area contributed by atoms with Gasteiger partial charge in [0.05, 0.1) is 37.4 Å². The molecule has 5 aliphatic heterocycles. The highest BCUT2D eigenvalue weighted by molar-refractivity contribution is 5.87. The zero-order valence-corrected chi connectivity index (χ0v) is 38.1. The van der Waals surface area contributed by atoms with Crippen molar-refractivity contribution in [3.63, 3.8) is 0 Å². The van der Waals surface area contributed by atoms with Crippen molar-refractivity contribution in [3.8, 4) is 0 Å². The van der Waals surface area contributed by atoms with Crippen LogP contribution < -0.4 is 0 Å². The van der Waals surface area contributed by atoms with Crippen molar-refractivity contribution in [3.05, 3.63) is 42.0 Å². The van der Waals surface area contributed by atoms with E-state index in [0.29, 0.717) is 19.4 Å². The molecule has 6 aliphatic rings. The number of esters is 7. The Balaban J connectivity index is 1.10. The fourth-order valence-corrected chi connectivity index (χ4v) is 9.83. The third-order valence-corrected chi connectivity index (χ3v) is 12.8. The minimum atomic E-state index is -1.67. The van der Waals surface area contributed by atoms with Crippen LogP contribution >= 0.6 is 0 Å². The van der Waals surface area contributed by atoms with Crippen LogP contribution in [0.25, 0.3) is 6.08 Å². The zero-order valence-electron chi connectivity index (χ0n) is 38.1. The number of carbonyl (C=O) groups is 7. The summed E-state index contributed by atoms with van der Waals surface area (Å²) in [6.45, 7) is 11.1. The van der Waals surface area contributed by atoms with E-state index in [9.17, 15) is 33.6 Å². The lowest BCUT2D eigenvalue weighted by Gasteiger charge is -2.48. The number of benzene rings is 1. The SMILES string of the molecule is CC(=O)OC1C(C)OC(OC2C(OC(=O)C3CCC4C(C3)OC3(CC(OC(=O)/C=C/c5ccccc5)C(C)CO3)C43CO3)OC(C)C(OC(C)=O)C2OC(C)=O)C(OC(C)=O)C1OC(C)=O. The van der Waals surface area contributed by atoms with Crippen LogP contribution in [-0.2, 0) is 95.1 Å². The molecule has 0 bridgehead atoms. The molecular formula is C46H58O20. The van der Waals surface area contributed by atoms with Gasteiger partial charge in [-0.05, 0) is 44.7 Å². The maximum absolute atomic E-state index is 14.4. The van der Waals surface area contributed by atoms with Crippen molar-refractivity contribution in [1.82, 2.24) is 0 Å². The van der Waals surface area contributed by atoms with Crippen LogP contribution in [0.5, 0.6) is 0 Å². The lowest BCUT2D eigenvalue weighted by Crippen LogP contribution is -2.66. The quantitative estimate of drug-likeness (QED) is 0.127. The molecule has 5 heterocycles. The summed E-state index contributed by atoms with van der Waals surface area (Å²) in [6.07, 6.45) is -11.0. The van der Waals surface area contributed by atoms with Gasteiger partial charge in [0, 0.05) is 59.0 Å². The first-order valence-corrected chi connectivity index (χ1v) is 22.2.